The van der Waals surface area contributed by atoms with Crippen molar-refractivity contribution in [3.63, 3.8) is 0 Å². The molecule has 2 N–H and O–H groups in total. The zero-order chi connectivity index (χ0) is 16.3. The molecule has 25 heavy (non-hydrogen) atoms. The van der Waals surface area contributed by atoms with Gasteiger partial charge in [0.2, 0.25) is 0 Å². The van der Waals surface area contributed by atoms with Gasteiger partial charge >= 0.3 is 6.36 Å². The molecule has 140 valence electrons. The smallest absolute Gasteiger partial charge is 0.406 e. The number of nitrogens with one attached hydrogen (secondary N) is 2. The Labute approximate surface area is 156 Å². The second kappa shape index (κ2) is 9.33. The fourth-order valence-corrected chi connectivity index (χ4v) is 2.89. The lowest BCUT2D eigenvalue weighted by molar-refractivity contribution is -0.274. The monoisotopic (exact) mass is 397 g/mol. The summed E-state index contributed by atoms with van der Waals surface area (Å²) < 4.78 is 40.8. The van der Waals surface area contributed by atoms with Crippen molar-refractivity contribution in [3.05, 3.63) is 53.9 Å². The van der Waals surface area contributed by atoms with Crippen LogP contribution < -0.4 is 10.1 Å². The Morgan fingerprint density at radius 3 is 2.16 bits per heavy atom. The molecule has 0 radical (unpaired) electrons. The number of hydrogen-bond acceptors (Lipinski definition) is 3. The average Bonchev–Trinajstić information content (AvgIpc) is 3.03. The molecule has 2 heterocycles. The molecule has 0 unspecified atom stereocenters. The predicted octanol–water partition coefficient (Wildman–Crippen LogP) is 3.75. The first-order valence-electron chi connectivity index (χ1n) is 7.47. The SMILES string of the molecule is Cl.Cl.FC(F)(F)Oc1ccc([C@@H](c2ccc[nH]2)N2CCNCC2)cc1. The maximum atomic E-state index is 12.3. The number of halogens is 5. The van der Waals surface area contributed by atoms with E-state index in [2.05, 4.69) is 19.9 Å². The third-order valence-electron chi connectivity index (χ3n) is 3.86. The number of ether oxygens (including phenoxy) is 1. The van der Waals surface area contributed by atoms with E-state index in [4.69, 9.17) is 0 Å². The number of aromatic amines is 1. The van der Waals surface area contributed by atoms with E-state index in [0.717, 1.165) is 37.4 Å². The fraction of sp³-hybridized carbons (Fsp3) is 0.375. The van der Waals surface area contributed by atoms with Crippen LogP contribution in [0.25, 0.3) is 0 Å². The molecular formula is C16H20Cl2F3N3O. The van der Waals surface area contributed by atoms with Crippen molar-refractivity contribution < 1.29 is 17.9 Å². The summed E-state index contributed by atoms with van der Waals surface area (Å²) in [6.45, 7) is 3.55. The molecule has 1 aliphatic heterocycles. The Morgan fingerprint density at radius 1 is 1.00 bits per heavy atom. The summed E-state index contributed by atoms with van der Waals surface area (Å²) in [6.07, 6.45) is -2.81. The van der Waals surface area contributed by atoms with Gasteiger partial charge in [-0.25, -0.2) is 0 Å². The molecule has 1 aromatic carbocycles. The normalized spacial score (nSPS) is 16.4. The van der Waals surface area contributed by atoms with Crippen molar-refractivity contribution in [1.82, 2.24) is 15.2 Å². The first-order valence-corrected chi connectivity index (χ1v) is 7.47. The summed E-state index contributed by atoms with van der Waals surface area (Å²) in [5.74, 6) is -0.202. The minimum absolute atomic E-state index is 0. The quantitative estimate of drug-likeness (QED) is 0.824. The number of rotatable bonds is 4. The molecular weight excluding hydrogens is 378 g/mol. The van der Waals surface area contributed by atoms with Crippen molar-refractivity contribution in [2.45, 2.75) is 12.4 Å². The number of nitrogens with zero attached hydrogens (tertiary/aromatic N) is 1. The first kappa shape index (κ1) is 21.6. The number of alkyl halides is 3. The summed E-state index contributed by atoms with van der Waals surface area (Å²) in [6, 6.07) is 10.0. The second-order valence-corrected chi connectivity index (χ2v) is 5.43. The van der Waals surface area contributed by atoms with Crippen molar-refractivity contribution in [2.75, 3.05) is 26.2 Å². The molecule has 0 bridgehead atoms. The van der Waals surface area contributed by atoms with Gasteiger partial charge in [-0.3, -0.25) is 4.90 Å². The lowest BCUT2D eigenvalue weighted by Gasteiger charge is -2.34. The molecule has 2 aromatic rings. The van der Waals surface area contributed by atoms with E-state index in [1.54, 1.807) is 12.1 Å². The lowest BCUT2D eigenvalue weighted by atomic mass is 10.0. The zero-order valence-electron chi connectivity index (χ0n) is 13.3. The molecule has 0 amide bonds. The van der Waals surface area contributed by atoms with E-state index >= 15 is 0 Å². The van der Waals surface area contributed by atoms with Gasteiger partial charge in [0.15, 0.2) is 0 Å². The van der Waals surface area contributed by atoms with E-state index in [-0.39, 0.29) is 36.6 Å². The lowest BCUT2D eigenvalue weighted by Crippen LogP contribution is -2.45. The Kier molecular flexibility index (Phi) is 8.08. The average molecular weight is 398 g/mol. The summed E-state index contributed by atoms with van der Waals surface area (Å²) in [5.41, 5.74) is 1.96. The van der Waals surface area contributed by atoms with Crippen LogP contribution in [0.4, 0.5) is 13.2 Å². The van der Waals surface area contributed by atoms with Crippen LogP contribution in [0.2, 0.25) is 0 Å². The number of H-pyrrole nitrogens is 1. The number of benzene rings is 1. The molecule has 1 aliphatic rings. The van der Waals surface area contributed by atoms with Crippen LogP contribution in [-0.2, 0) is 0 Å². The Morgan fingerprint density at radius 2 is 1.64 bits per heavy atom. The van der Waals surface area contributed by atoms with Gasteiger partial charge in [0.1, 0.15) is 5.75 Å². The fourth-order valence-electron chi connectivity index (χ4n) is 2.89. The van der Waals surface area contributed by atoms with Gasteiger partial charge in [0.05, 0.1) is 6.04 Å². The first-order chi connectivity index (χ1) is 11.0. The minimum Gasteiger partial charge on any atom is -0.406 e. The molecule has 1 atom stereocenters. The van der Waals surface area contributed by atoms with Gasteiger partial charge in [0.25, 0.3) is 0 Å². The van der Waals surface area contributed by atoms with Crippen LogP contribution in [0, 0.1) is 0 Å². The van der Waals surface area contributed by atoms with Gasteiger partial charge in [-0.05, 0) is 29.8 Å². The third kappa shape index (κ3) is 5.81. The zero-order valence-corrected chi connectivity index (χ0v) is 14.9. The van der Waals surface area contributed by atoms with Crippen molar-refractivity contribution >= 4 is 24.8 Å². The van der Waals surface area contributed by atoms with Gasteiger partial charge in [-0.1, -0.05) is 12.1 Å². The van der Waals surface area contributed by atoms with Gasteiger partial charge in [-0.15, -0.1) is 38.0 Å². The Hall–Kier alpha value is -1.41. The Bertz CT molecular complexity index is 615. The van der Waals surface area contributed by atoms with Crippen LogP contribution in [-0.4, -0.2) is 42.4 Å². The molecule has 1 aromatic heterocycles. The van der Waals surface area contributed by atoms with Crippen molar-refractivity contribution in [2.24, 2.45) is 0 Å². The second-order valence-electron chi connectivity index (χ2n) is 5.43. The van der Waals surface area contributed by atoms with Gasteiger partial charge < -0.3 is 15.0 Å². The summed E-state index contributed by atoms with van der Waals surface area (Å²) >= 11 is 0. The standard InChI is InChI=1S/C16H18F3N3O.2ClH/c17-16(18,19)23-13-5-3-12(4-6-13)15(14-2-1-7-21-14)22-10-8-20-9-11-22;;/h1-7,15,20-21H,8-11H2;2*1H/t15-;;/m0../s1. The van der Waals surface area contributed by atoms with E-state index < -0.39 is 6.36 Å². The molecule has 0 aliphatic carbocycles. The van der Waals surface area contributed by atoms with Crippen LogP contribution in [0.15, 0.2) is 42.6 Å². The largest absolute Gasteiger partial charge is 0.573 e. The summed E-state index contributed by atoms with van der Waals surface area (Å²) in [4.78, 5) is 5.52. The van der Waals surface area contributed by atoms with E-state index in [9.17, 15) is 13.2 Å². The molecule has 1 saturated heterocycles. The highest BCUT2D eigenvalue weighted by atomic mass is 35.5. The maximum absolute atomic E-state index is 12.3. The maximum Gasteiger partial charge on any atom is 0.573 e. The molecule has 4 nitrogen and oxygen atoms in total. The van der Waals surface area contributed by atoms with Gasteiger partial charge in [-0.2, -0.15) is 0 Å². The van der Waals surface area contributed by atoms with Crippen LogP contribution in [0.5, 0.6) is 5.75 Å². The predicted molar refractivity (Wildman–Crippen MR) is 94.7 cm³/mol. The van der Waals surface area contributed by atoms with E-state index in [1.165, 1.54) is 12.1 Å². The van der Waals surface area contributed by atoms with Crippen LogP contribution in [0.3, 0.4) is 0 Å². The van der Waals surface area contributed by atoms with Crippen LogP contribution in [0.1, 0.15) is 17.3 Å². The highest BCUT2D eigenvalue weighted by Gasteiger charge is 2.31. The molecule has 3 rings (SSSR count). The van der Waals surface area contributed by atoms with E-state index in [1.807, 2.05) is 18.3 Å². The third-order valence-corrected chi connectivity index (χ3v) is 3.86. The number of hydrogen-bond donors (Lipinski definition) is 2. The molecule has 0 saturated carbocycles. The highest BCUT2D eigenvalue weighted by Crippen LogP contribution is 2.30. The van der Waals surface area contributed by atoms with Crippen molar-refractivity contribution in [3.8, 4) is 5.75 Å². The number of piperazine rings is 1. The summed E-state index contributed by atoms with van der Waals surface area (Å²) in [7, 11) is 0. The summed E-state index contributed by atoms with van der Waals surface area (Å²) in [5, 5.41) is 3.30. The number of aromatic nitrogens is 1. The van der Waals surface area contributed by atoms with E-state index in [0.29, 0.717) is 0 Å². The van der Waals surface area contributed by atoms with Gasteiger partial charge in [0, 0.05) is 38.1 Å². The molecule has 9 heteroatoms. The highest BCUT2D eigenvalue weighted by molar-refractivity contribution is 5.85. The van der Waals surface area contributed by atoms with Crippen molar-refractivity contribution in [1.29, 1.82) is 0 Å². The molecule has 1 fully saturated rings. The minimum atomic E-state index is -4.67. The topological polar surface area (TPSA) is 40.3 Å². The molecule has 0 spiro atoms. The van der Waals surface area contributed by atoms with Crippen LogP contribution >= 0.6 is 24.8 Å². The Balaban J connectivity index is 0.00000156.